The van der Waals surface area contributed by atoms with Crippen LogP contribution in [0.15, 0.2) is 114 Å². The summed E-state index contributed by atoms with van der Waals surface area (Å²) in [7, 11) is 2.68. The molecule has 4 aromatic rings. The second-order valence-corrected chi connectivity index (χ2v) is 26.2. The second-order valence-electron chi connectivity index (χ2n) is 26.2. The first-order chi connectivity index (χ1) is 43.7. The molecule has 1 aliphatic heterocycles. The van der Waals surface area contributed by atoms with E-state index in [9.17, 15) is 54.2 Å². The summed E-state index contributed by atoms with van der Waals surface area (Å²) in [5.74, 6) is -6.04. The van der Waals surface area contributed by atoms with E-state index in [4.69, 9.17) is 37.9 Å². The fraction of sp³-hybridized carbons (Fsp3) is 0.493. The third-order valence-corrected chi connectivity index (χ3v) is 18.4. The van der Waals surface area contributed by atoms with Crippen LogP contribution in [0.4, 0.5) is 20.1 Å². The first kappa shape index (κ1) is 68.4. The number of Topliss-reactive ketones (excluding diaryl/α,β-unsaturated/α-hetero) is 1. The van der Waals surface area contributed by atoms with Crippen LogP contribution in [0.5, 0.6) is 11.5 Å². The third-order valence-electron chi connectivity index (χ3n) is 18.4. The molecule has 0 spiro atoms. The molecule has 3 saturated carbocycles. The van der Waals surface area contributed by atoms with Crippen LogP contribution in [-0.4, -0.2) is 171 Å². The molecule has 498 valence electrons. The van der Waals surface area contributed by atoms with Gasteiger partial charge in [-0.05, 0) is 125 Å². The number of hydrogen-bond acceptors (Lipinski definition) is 21. The number of nitrogens with one attached hydrogen (secondary N) is 2. The maximum Gasteiger partial charge on any atom is 0.410 e. The monoisotopic (exact) mass is 1290 g/mol. The fourth-order valence-corrected chi connectivity index (χ4v) is 13.0. The molecule has 93 heavy (non-hydrogen) atoms. The van der Waals surface area contributed by atoms with Crippen LogP contribution >= 0.6 is 0 Å². The molecular weight excluding hydrogens is 1210 g/mol. The minimum absolute atomic E-state index is 0.0108. The van der Waals surface area contributed by atoms with Gasteiger partial charge in [-0.15, -0.1) is 0 Å². The average molecular weight is 1290 g/mol. The van der Waals surface area contributed by atoms with Gasteiger partial charge in [0.2, 0.25) is 11.9 Å². The van der Waals surface area contributed by atoms with Gasteiger partial charge in [0, 0.05) is 70.0 Å². The number of esters is 3. The number of aliphatic hydroxyl groups excluding tert-OH is 2. The molecule has 4 fully saturated rings. The predicted octanol–water partition coefficient (Wildman–Crippen LogP) is 7.76. The molecule has 1 unspecified atom stereocenters. The number of fused-ring (bicyclic) bond motifs is 5. The topological polar surface area (TPSA) is 345 Å². The van der Waals surface area contributed by atoms with Crippen LogP contribution in [-0.2, 0) is 47.5 Å². The van der Waals surface area contributed by atoms with Crippen molar-refractivity contribution in [3.05, 3.63) is 147 Å². The van der Waals surface area contributed by atoms with Crippen molar-refractivity contribution >= 4 is 53.6 Å². The van der Waals surface area contributed by atoms with E-state index in [2.05, 4.69) is 10.6 Å². The van der Waals surface area contributed by atoms with Crippen LogP contribution in [0.25, 0.3) is 0 Å². The fourth-order valence-electron chi connectivity index (χ4n) is 13.0. The van der Waals surface area contributed by atoms with Crippen molar-refractivity contribution in [2.75, 3.05) is 33.8 Å². The standard InChI is InChI=1S/C67H79N5O21/c1-36-47(34-67(83)56(91-58(78)41-20-16-13-17-21-41)54-65(9,55(76)52(75)50(36)64(67,7)8)48(74)33-49-66(54,35-86-49)92-38(3)73)89-59(79)53(51(39-18-14-12-15-19-39)69-60(80)93-63(4,5)6)90-62(82)71(11)31-30-70(10)61(81)87-37(2)42-24-29-45(72(84)85)46(32-42)88-44-27-22-40(23-28-44)57(77)68-43-25-26-43/h12-24,27-29,32,37,43,47-49,51-54,56,74-75,83H,25-26,30-31,33-35H2,1-11H3,(H,68,77)(H,69,80)/t37?,47-,48-,49+,51-,52+,53+,54-,56-,65+,66-,67+/m0/s1. The normalized spacial score (nSPS) is 26.2. The summed E-state index contributed by atoms with van der Waals surface area (Å²) in [6, 6.07) is 24.1. The number of benzene rings is 4. The van der Waals surface area contributed by atoms with E-state index in [0.29, 0.717) is 11.1 Å². The molecule has 0 aromatic heterocycles. The smallest absolute Gasteiger partial charge is 0.410 e. The summed E-state index contributed by atoms with van der Waals surface area (Å²) in [5, 5.41) is 56.3. The first-order valence-electron chi connectivity index (χ1n) is 30.6. The van der Waals surface area contributed by atoms with Gasteiger partial charge in [-0.2, -0.15) is 0 Å². The zero-order valence-corrected chi connectivity index (χ0v) is 53.6. The Morgan fingerprint density at radius 1 is 0.828 bits per heavy atom. The molecule has 26 nitrogen and oxygen atoms in total. The van der Waals surface area contributed by atoms with E-state index < -0.39 is 136 Å². The molecule has 12 atom stereocenters. The molecular formula is C67H79N5O21. The molecule has 0 radical (unpaired) electrons. The molecule has 2 bridgehead atoms. The minimum atomic E-state index is -2.52. The lowest BCUT2D eigenvalue weighted by Gasteiger charge is -2.67. The number of amides is 4. The zero-order valence-electron chi connectivity index (χ0n) is 53.6. The number of ether oxygens (including phenoxy) is 8. The molecule has 5 aliphatic rings. The van der Waals surface area contributed by atoms with Gasteiger partial charge in [0.25, 0.3) is 5.91 Å². The van der Waals surface area contributed by atoms with Crippen molar-refractivity contribution in [2.45, 2.75) is 160 Å². The first-order valence-corrected chi connectivity index (χ1v) is 30.6. The van der Waals surface area contributed by atoms with Crippen molar-refractivity contribution in [3.63, 3.8) is 0 Å². The highest BCUT2D eigenvalue weighted by Crippen LogP contribution is 2.64. The number of nitro benzene ring substituents is 1. The molecule has 1 heterocycles. The predicted molar refractivity (Wildman–Crippen MR) is 328 cm³/mol. The number of rotatable bonds is 19. The van der Waals surface area contributed by atoms with Gasteiger partial charge in [-0.3, -0.25) is 24.5 Å². The van der Waals surface area contributed by atoms with Crippen LogP contribution in [0.1, 0.15) is 132 Å². The van der Waals surface area contributed by atoms with Crippen molar-refractivity contribution in [1.82, 2.24) is 20.4 Å². The number of carbonyl (C=O) groups is 8. The number of ketones is 1. The SMILES string of the molecule is CC(=O)O[C@@]12CO[C@@H]1C[C@H](O)[C@@]1(C)C(=O)[C@H](O)C3=C(C)[C@@H](OC(=O)[C@H](OC(=O)N(C)CCN(C)C(=O)OC(C)c4ccc([N+](=O)[O-])c(Oc5ccc(C(=O)NC6CC6)cc5)c4)[C@@H](NC(=O)OC(C)(C)C)c4ccccc4)C[C@@](O)([C@@H](OC(=O)c4ccccc4)[C@H]21)C3(C)C. The van der Waals surface area contributed by atoms with Gasteiger partial charge in [-0.1, -0.05) is 62.4 Å². The number of hydrogen-bond donors (Lipinski definition) is 5. The van der Waals surface area contributed by atoms with E-state index in [0.717, 1.165) is 29.6 Å². The van der Waals surface area contributed by atoms with Crippen molar-refractivity contribution in [2.24, 2.45) is 16.7 Å². The summed E-state index contributed by atoms with van der Waals surface area (Å²) in [5.41, 5.74) is -8.98. The quantitative estimate of drug-likeness (QED) is 0.0197. The number of alkyl carbamates (subject to hydrolysis) is 1. The summed E-state index contributed by atoms with van der Waals surface area (Å²) in [4.78, 5) is 127. The second kappa shape index (κ2) is 26.6. The van der Waals surface area contributed by atoms with Gasteiger partial charge in [0.15, 0.2) is 11.4 Å². The molecule has 1 saturated heterocycles. The number of carbonyl (C=O) groups excluding carboxylic acids is 8. The van der Waals surface area contributed by atoms with Crippen molar-refractivity contribution < 1.29 is 96.5 Å². The summed E-state index contributed by atoms with van der Waals surface area (Å²) in [6.07, 6.45) is -13.9. The Morgan fingerprint density at radius 2 is 1.44 bits per heavy atom. The Bertz CT molecular complexity index is 3570. The Morgan fingerprint density at radius 3 is 2.01 bits per heavy atom. The molecule has 4 amide bonds. The van der Waals surface area contributed by atoms with Crippen molar-refractivity contribution in [3.8, 4) is 11.5 Å². The molecule has 4 aromatic carbocycles. The lowest BCUT2D eigenvalue weighted by atomic mass is 9.44. The van der Waals surface area contributed by atoms with Crippen LogP contribution in [0.2, 0.25) is 0 Å². The van der Waals surface area contributed by atoms with E-state index in [1.165, 1.54) is 115 Å². The Labute approximate surface area is 536 Å². The number of nitro groups is 1. The number of aliphatic hydroxyl groups is 3. The van der Waals surface area contributed by atoms with E-state index in [1.807, 2.05) is 0 Å². The lowest BCUT2D eigenvalue weighted by molar-refractivity contribution is -0.385. The summed E-state index contributed by atoms with van der Waals surface area (Å²) in [6.45, 7) is 12.4. The molecule has 4 aliphatic carbocycles. The molecule has 5 N–H and O–H groups in total. The van der Waals surface area contributed by atoms with Crippen LogP contribution in [0.3, 0.4) is 0 Å². The average Bonchev–Trinajstić information content (AvgIpc) is 1.52. The van der Waals surface area contributed by atoms with E-state index in [-0.39, 0.29) is 77.5 Å². The van der Waals surface area contributed by atoms with E-state index >= 15 is 9.59 Å². The Balaban J connectivity index is 0.992. The highest BCUT2D eigenvalue weighted by molar-refractivity contribution is 5.95. The van der Waals surface area contributed by atoms with Gasteiger partial charge < -0.3 is 73.6 Å². The largest absolute Gasteiger partial charge is 0.455 e. The third kappa shape index (κ3) is 13.9. The molecule has 26 heteroatoms. The lowest BCUT2D eigenvalue weighted by Crippen LogP contribution is -2.81. The van der Waals surface area contributed by atoms with E-state index in [1.54, 1.807) is 57.2 Å². The highest BCUT2D eigenvalue weighted by Gasteiger charge is 2.78. The summed E-state index contributed by atoms with van der Waals surface area (Å²) >= 11 is 0. The Kier molecular flexibility index (Phi) is 19.5. The number of likely N-dealkylation sites (N-methyl/N-ethyl adjacent to an activating group) is 2. The van der Waals surface area contributed by atoms with Crippen molar-refractivity contribution in [1.29, 1.82) is 0 Å². The van der Waals surface area contributed by atoms with Crippen LogP contribution < -0.4 is 15.4 Å². The van der Waals surface area contributed by atoms with Gasteiger partial charge in [-0.25, -0.2) is 24.0 Å². The highest BCUT2D eigenvalue weighted by atomic mass is 16.6. The summed E-state index contributed by atoms with van der Waals surface area (Å²) < 4.78 is 48.2. The molecule has 9 rings (SSSR count). The Hall–Kier alpha value is -8.98. The van der Waals surface area contributed by atoms with Crippen LogP contribution in [0, 0.1) is 26.9 Å². The van der Waals surface area contributed by atoms with Gasteiger partial charge in [0.05, 0.1) is 34.5 Å². The van der Waals surface area contributed by atoms with Gasteiger partial charge in [0.1, 0.15) is 53.5 Å². The maximum atomic E-state index is 15.5. The number of nitrogens with zero attached hydrogens (tertiary/aromatic N) is 3. The zero-order chi connectivity index (χ0) is 67.9. The minimum Gasteiger partial charge on any atom is -0.455 e. The van der Waals surface area contributed by atoms with Gasteiger partial charge >= 0.3 is 41.9 Å². The maximum absolute atomic E-state index is 15.5.